The molecule has 2 aromatic rings. The van der Waals surface area contributed by atoms with Crippen molar-refractivity contribution >= 4 is 37.6 Å². The second-order valence-corrected chi connectivity index (χ2v) is 6.46. The minimum atomic E-state index is -3.95. The van der Waals surface area contributed by atoms with Crippen LogP contribution in [-0.2, 0) is 10.0 Å². The third-order valence-corrected chi connectivity index (χ3v) is 4.61. The fraction of sp³-hybridized carbons (Fsp3) is 0.0833. The molecule has 0 bridgehead atoms. The summed E-state index contributed by atoms with van der Waals surface area (Å²) in [7, 11) is -3.95. The second-order valence-electron chi connectivity index (χ2n) is 3.99. The average Bonchev–Trinajstić information content (AvgIpc) is 2.84. The molecule has 0 fully saturated rings. The fourth-order valence-electron chi connectivity index (χ4n) is 1.49. The van der Waals surface area contributed by atoms with Crippen LogP contribution in [0.15, 0.2) is 44.3 Å². The molecular formula is C12H10BrNO5S. The molecule has 106 valence electrons. The van der Waals surface area contributed by atoms with Crippen LogP contribution in [0.5, 0.6) is 0 Å². The molecule has 6 nitrogen and oxygen atoms in total. The first-order valence-corrected chi connectivity index (χ1v) is 7.69. The number of sulfonamides is 1. The van der Waals surface area contributed by atoms with E-state index in [0.29, 0.717) is 5.69 Å². The predicted molar refractivity (Wildman–Crippen MR) is 75.4 cm³/mol. The molecule has 0 spiro atoms. The normalized spacial score (nSPS) is 11.3. The summed E-state index contributed by atoms with van der Waals surface area (Å²) in [5.41, 5.74) is 1.22. The molecule has 2 rings (SSSR count). The van der Waals surface area contributed by atoms with Crippen molar-refractivity contribution < 1.29 is 22.7 Å². The van der Waals surface area contributed by atoms with E-state index < -0.39 is 26.8 Å². The molecule has 0 aliphatic heterocycles. The first-order valence-electron chi connectivity index (χ1n) is 5.42. The zero-order chi connectivity index (χ0) is 14.9. The van der Waals surface area contributed by atoms with Crippen molar-refractivity contribution in [2.24, 2.45) is 0 Å². The van der Waals surface area contributed by atoms with Crippen molar-refractivity contribution in [2.45, 2.75) is 12.0 Å². The van der Waals surface area contributed by atoms with Crippen LogP contribution in [0.25, 0.3) is 0 Å². The van der Waals surface area contributed by atoms with Crippen LogP contribution in [0.4, 0.5) is 5.69 Å². The van der Waals surface area contributed by atoms with Gasteiger partial charge in [0.25, 0.3) is 10.0 Å². The van der Waals surface area contributed by atoms with Gasteiger partial charge in [-0.3, -0.25) is 4.72 Å². The highest BCUT2D eigenvalue weighted by Crippen LogP contribution is 2.23. The van der Waals surface area contributed by atoms with Gasteiger partial charge in [-0.2, -0.15) is 8.42 Å². The highest BCUT2D eigenvalue weighted by Gasteiger charge is 2.21. The topological polar surface area (TPSA) is 96.6 Å². The van der Waals surface area contributed by atoms with E-state index in [1.165, 1.54) is 0 Å². The number of aromatic carboxylic acids is 1. The van der Waals surface area contributed by atoms with Gasteiger partial charge in [0.2, 0.25) is 10.9 Å². The highest BCUT2D eigenvalue weighted by molar-refractivity contribution is 9.10. The Morgan fingerprint density at radius 1 is 1.30 bits per heavy atom. The van der Waals surface area contributed by atoms with E-state index in [0.717, 1.165) is 22.2 Å². The number of carboxylic acids is 1. The summed E-state index contributed by atoms with van der Waals surface area (Å²) < 4.78 is 32.0. The second kappa shape index (κ2) is 5.29. The van der Waals surface area contributed by atoms with Gasteiger partial charge in [0.1, 0.15) is 0 Å². The van der Waals surface area contributed by atoms with Crippen molar-refractivity contribution in [1.82, 2.24) is 0 Å². The Morgan fingerprint density at radius 3 is 2.55 bits per heavy atom. The fourth-order valence-corrected chi connectivity index (χ4v) is 2.72. The van der Waals surface area contributed by atoms with E-state index in [1.54, 1.807) is 18.2 Å². The molecule has 1 aromatic carbocycles. The number of furan rings is 1. The molecule has 0 aliphatic carbocycles. The van der Waals surface area contributed by atoms with Gasteiger partial charge in [-0.25, -0.2) is 4.79 Å². The lowest BCUT2D eigenvalue weighted by Gasteiger charge is -2.07. The van der Waals surface area contributed by atoms with Crippen LogP contribution in [-0.4, -0.2) is 19.5 Å². The lowest BCUT2D eigenvalue weighted by Crippen LogP contribution is -2.12. The average molecular weight is 360 g/mol. The third-order valence-electron chi connectivity index (χ3n) is 2.47. The number of hydrogen-bond donors (Lipinski definition) is 2. The molecule has 0 unspecified atom stereocenters. The van der Waals surface area contributed by atoms with E-state index in [-0.39, 0.29) is 0 Å². The van der Waals surface area contributed by atoms with Crippen LogP contribution in [0.1, 0.15) is 16.1 Å². The minimum Gasteiger partial charge on any atom is -0.475 e. The zero-order valence-electron chi connectivity index (χ0n) is 10.3. The molecular weight excluding hydrogens is 350 g/mol. The number of carbonyl (C=O) groups is 1. The molecule has 2 N–H and O–H groups in total. The van der Waals surface area contributed by atoms with Gasteiger partial charge in [0.05, 0.1) is 0 Å². The standard InChI is InChI=1S/C12H10BrNO5S/c1-7-6-8(2-3-9(7)13)14-20(17,18)11-5-4-10(19-11)12(15)16/h2-6,14H,1H3,(H,15,16). The van der Waals surface area contributed by atoms with E-state index in [4.69, 9.17) is 9.52 Å². The van der Waals surface area contributed by atoms with Crippen LogP contribution in [0, 0.1) is 6.92 Å². The Balaban J connectivity index is 2.30. The Morgan fingerprint density at radius 2 is 2.00 bits per heavy atom. The number of carboxylic acid groups (broad SMARTS) is 1. The Hall–Kier alpha value is -1.80. The van der Waals surface area contributed by atoms with Crippen molar-refractivity contribution in [3.8, 4) is 0 Å². The van der Waals surface area contributed by atoms with Crippen LogP contribution < -0.4 is 4.72 Å². The number of anilines is 1. The summed E-state index contributed by atoms with van der Waals surface area (Å²) in [6.07, 6.45) is 0. The summed E-state index contributed by atoms with van der Waals surface area (Å²) >= 11 is 3.31. The first kappa shape index (κ1) is 14.6. The SMILES string of the molecule is Cc1cc(NS(=O)(=O)c2ccc(C(=O)O)o2)ccc1Br. The summed E-state index contributed by atoms with van der Waals surface area (Å²) in [5, 5.41) is 8.26. The van der Waals surface area contributed by atoms with Gasteiger partial charge in [0.15, 0.2) is 0 Å². The summed E-state index contributed by atoms with van der Waals surface area (Å²) in [6, 6.07) is 7.11. The predicted octanol–water partition coefficient (Wildman–Crippen LogP) is 2.85. The molecule has 1 aromatic heterocycles. The maximum absolute atomic E-state index is 12.0. The van der Waals surface area contributed by atoms with Gasteiger partial charge in [-0.15, -0.1) is 0 Å². The van der Waals surface area contributed by atoms with Crippen molar-refractivity contribution in [2.75, 3.05) is 4.72 Å². The molecule has 1 heterocycles. The number of halogens is 1. The van der Waals surface area contributed by atoms with Gasteiger partial charge >= 0.3 is 5.97 Å². The zero-order valence-corrected chi connectivity index (χ0v) is 12.7. The number of aryl methyl sites for hydroxylation is 1. The van der Waals surface area contributed by atoms with Crippen LogP contribution in [0.2, 0.25) is 0 Å². The summed E-state index contributed by atoms with van der Waals surface area (Å²) in [6.45, 7) is 1.82. The van der Waals surface area contributed by atoms with Crippen LogP contribution >= 0.6 is 15.9 Å². The Labute approximate surface area is 123 Å². The summed E-state index contributed by atoms with van der Waals surface area (Å²) in [5.74, 6) is -1.76. The smallest absolute Gasteiger partial charge is 0.371 e. The largest absolute Gasteiger partial charge is 0.475 e. The molecule has 0 radical (unpaired) electrons. The van der Waals surface area contributed by atoms with E-state index in [9.17, 15) is 13.2 Å². The maximum Gasteiger partial charge on any atom is 0.371 e. The summed E-state index contributed by atoms with van der Waals surface area (Å²) in [4.78, 5) is 10.7. The Kier molecular flexibility index (Phi) is 3.87. The van der Waals surface area contributed by atoms with Gasteiger partial charge in [0, 0.05) is 10.2 Å². The van der Waals surface area contributed by atoms with Crippen molar-refractivity contribution in [3.05, 3.63) is 46.1 Å². The van der Waals surface area contributed by atoms with Crippen molar-refractivity contribution in [1.29, 1.82) is 0 Å². The van der Waals surface area contributed by atoms with E-state index in [2.05, 4.69) is 20.7 Å². The number of nitrogens with one attached hydrogen (secondary N) is 1. The third kappa shape index (κ3) is 3.02. The lowest BCUT2D eigenvalue weighted by molar-refractivity contribution is 0.0656. The number of benzene rings is 1. The first-order chi connectivity index (χ1) is 9.29. The minimum absolute atomic E-state index is 0.360. The lowest BCUT2D eigenvalue weighted by atomic mass is 10.2. The molecule has 0 atom stereocenters. The number of hydrogen-bond acceptors (Lipinski definition) is 4. The van der Waals surface area contributed by atoms with Gasteiger partial charge in [-0.1, -0.05) is 15.9 Å². The molecule has 0 saturated carbocycles. The number of rotatable bonds is 4. The molecule has 0 amide bonds. The van der Waals surface area contributed by atoms with E-state index in [1.807, 2.05) is 6.92 Å². The van der Waals surface area contributed by atoms with E-state index >= 15 is 0 Å². The highest BCUT2D eigenvalue weighted by atomic mass is 79.9. The van der Waals surface area contributed by atoms with Crippen molar-refractivity contribution in [3.63, 3.8) is 0 Å². The molecule has 20 heavy (non-hydrogen) atoms. The van der Waals surface area contributed by atoms with Gasteiger partial charge < -0.3 is 9.52 Å². The quantitative estimate of drug-likeness (QED) is 0.874. The molecule has 8 heteroatoms. The maximum atomic E-state index is 12.0. The Bertz CT molecular complexity index is 766. The molecule has 0 aliphatic rings. The molecule has 0 saturated heterocycles. The monoisotopic (exact) mass is 359 g/mol. The van der Waals surface area contributed by atoms with Gasteiger partial charge in [-0.05, 0) is 42.8 Å². The van der Waals surface area contributed by atoms with Crippen LogP contribution in [0.3, 0.4) is 0 Å².